The second-order valence-corrected chi connectivity index (χ2v) is 5.72. The van der Waals surface area contributed by atoms with Gasteiger partial charge in [-0.1, -0.05) is 0 Å². The van der Waals surface area contributed by atoms with E-state index in [9.17, 15) is 0 Å². The number of rotatable bonds is 4. The van der Waals surface area contributed by atoms with Crippen molar-refractivity contribution in [1.29, 1.82) is 0 Å². The van der Waals surface area contributed by atoms with Gasteiger partial charge in [-0.3, -0.25) is 0 Å². The zero-order valence-electron chi connectivity index (χ0n) is 13.2. The molecule has 1 aliphatic rings. The normalized spacial score (nSPS) is 23.4. The molecule has 1 heterocycles. The molecule has 2 atom stereocenters. The number of aryl methyl sites for hydroxylation is 1. The fourth-order valence-corrected chi connectivity index (χ4v) is 2.78. The number of likely N-dealkylation sites (tertiary alicyclic amines) is 1. The van der Waals surface area contributed by atoms with Gasteiger partial charge in [0.25, 0.3) is 0 Å². The van der Waals surface area contributed by atoms with Gasteiger partial charge in [-0.25, -0.2) is 0 Å². The van der Waals surface area contributed by atoms with Gasteiger partial charge in [-0.05, 0) is 45.4 Å². The number of methoxy groups -OCH3 is 2. The van der Waals surface area contributed by atoms with Crippen molar-refractivity contribution in [1.82, 2.24) is 4.90 Å². The fraction of sp³-hybridized carbons (Fsp3) is 0.625. The van der Waals surface area contributed by atoms with Gasteiger partial charge >= 0.3 is 0 Å². The highest BCUT2D eigenvalue weighted by molar-refractivity contribution is 5.60. The molecular weight excluding hydrogens is 252 g/mol. The predicted molar refractivity (Wildman–Crippen MR) is 83.0 cm³/mol. The van der Waals surface area contributed by atoms with Crippen LogP contribution in [0.5, 0.6) is 11.5 Å². The molecule has 112 valence electrons. The van der Waals surface area contributed by atoms with Gasteiger partial charge in [-0.2, -0.15) is 0 Å². The van der Waals surface area contributed by atoms with Crippen molar-refractivity contribution in [2.75, 3.05) is 33.1 Å². The molecule has 20 heavy (non-hydrogen) atoms. The molecule has 0 bridgehead atoms. The minimum absolute atomic E-state index is 0.526. The molecule has 1 aromatic rings. The zero-order chi connectivity index (χ0) is 14.7. The molecule has 0 saturated carbocycles. The van der Waals surface area contributed by atoms with Crippen LogP contribution >= 0.6 is 0 Å². The Morgan fingerprint density at radius 1 is 1.20 bits per heavy atom. The molecule has 0 amide bonds. The lowest BCUT2D eigenvalue weighted by Gasteiger charge is -2.36. The summed E-state index contributed by atoms with van der Waals surface area (Å²) in [5.41, 5.74) is 2.33. The topological polar surface area (TPSA) is 33.7 Å². The summed E-state index contributed by atoms with van der Waals surface area (Å²) < 4.78 is 10.7. The molecule has 0 aliphatic carbocycles. The van der Waals surface area contributed by atoms with Crippen molar-refractivity contribution in [2.24, 2.45) is 0 Å². The summed E-state index contributed by atoms with van der Waals surface area (Å²) in [6.45, 7) is 5.53. The molecule has 0 spiro atoms. The summed E-state index contributed by atoms with van der Waals surface area (Å²) in [5.74, 6) is 1.56. The quantitative estimate of drug-likeness (QED) is 0.918. The highest BCUT2D eigenvalue weighted by Crippen LogP contribution is 2.34. The van der Waals surface area contributed by atoms with Crippen LogP contribution in [0.25, 0.3) is 0 Å². The van der Waals surface area contributed by atoms with Gasteiger partial charge in [0.2, 0.25) is 0 Å². The van der Waals surface area contributed by atoms with Gasteiger partial charge in [-0.15, -0.1) is 0 Å². The van der Waals surface area contributed by atoms with Gasteiger partial charge in [0.1, 0.15) is 0 Å². The molecule has 2 unspecified atom stereocenters. The van der Waals surface area contributed by atoms with E-state index in [2.05, 4.69) is 31.1 Å². The maximum atomic E-state index is 5.39. The lowest BCUT2D eigenvalue weighted by Crippen LogP contribution is -2.42. The minimum atomic E-state index is 0.526. The highest BCUT2D eigenvalue weighted by Gasteiger charge is 2.23. The van der Waals surface area contributed by atoms with Crippen LogP contribution in [0, 0.1) is 6.92 Å². The fourth-order valence-electron chi connectivity index (χ4n) is 2.78. The third-order valence-corrected chi connectivity index (χ3v) is 4.30. The Bertz CT molecular complexity index is 462. The maximum absolute atomic E-state index is 5.39. The first-order chi connectivity index (χ1) is 9.55. The first-order valence-corrected chi connectivity index (χ1v) is 7.24. The SMILES string of the molecule is COc1cc(C)c(NC2CCN(C)C(C)C2)cc1OC. The summed E-state index contributed by atoms with van der Waals surface area (Å²) in [7, 11) is 5.54. The van der Waals surface area contributed by atoms with E-state index in [0.717, 1.165) is 23.7 Å². The number of anilines is 1. The average Bonchev–Trinajstić information content (AvgIpc) is 2.44. The lowest BCUT2D eigenvalue weighted by atomic mass is 9.98. The molecule has 1 N–H and O–H groups in total. The van der Waals surface area contributed by atoms with Gasteiger partial charge in [0.05, 0.1) is 14.2 Å². The molecule has 1 fully saturated rings. The first-order valence-electron chi connectivity index (χ1n) is 7.24. The van der Waals surface area contributed by atoms with Crippen LogP contribution < -0.4 is 14.8 Å². The van der Waals surface area contributed by atoms with Crippen molar-refractivity contribution in [2.45, 2.75) is 38.8 Å². The van der Waals surface area contributed by atoms with E-state index in [0.29, 0.717) is 12.1 Å². The molecule has 1 saturated heterocycles. The van der Waals surface area contributed by atoms with E-state index in [1.165, 1.54) is 18.4 Å². The molecule has 4 nitrogen and oxygen atoms in total. The van der Waals surface area contributed by atoms with Crippen molar-refractivity contribution >= 4 is 5.69 Å². The Labute approximate surface area is 122 Å². The Hall–Kier alpha value is -1.42. The van der Waals surface area contributed by atoms with Crippen LogP contribution in [0.3, 0.4) is 0 Å². The summed E-state index contributed by atoms with van der Waals surface area (Å²) in [4.78, 5) is 2.42. The van der Waals surface area contributed by atoms with Crippen LogP contribution in [0.15, 0.2) is 12.1 Å². The van der Waals surface area contributed by atoms with E-state index in [1.54, 1.807) is 14.2 Å². The van der Waals surface area contributed by atoms with E-state index in [-0.39, 0.29) is 0 Å². The Morgan fingerprint density at radius 3 is 2.45 bits per heavy atom. The first kappa shape index (κ1) is 15.0. The zero-order valence-corrected chi connectivity index (χ0v) is 13.2. The Morgan fingerprint density at radius 2 is 1.85 bits per heavy atom. The number of hydrogen-bond donors (Lipinski definition) is 1. The standard InChI is InChI=1S/C16H26N2O2/c1-11-8-15(19-4)16(20-5)10-14(11)17-13-6-7-18(3)12(2)9-13/h8,10,12-13,17H,6-7,9H2,1-5H3. The number of nitrogens with zero attached hydrogens (tertiary/aromatic N) is 1. The summed E-state index contributed by atoms with van der Waals surface area (Å²) in [6.07, 6.45) is 2.35. The predicted octanol–water partition coefficient (Wildman–Crippen LogP) is 2.91. The van der Waals surface area contributed by atoms with Crippen molar-refractivity contribution < 1.29 is 9.47 Å². The molecule has 1 aromatic carbocycles. The maximum Gasteiger partial charge on any atom is 0.162 e. The molecular formula is C16H26N2O2. The monoisotopic (exact) mass is 278 g/mol. The van der Waals surface area contributed by atoms with Gasteiger partial charge < -0.3 is 19.7 Å². The van der Waals surface area contributed by atoms with Crippen LogP contribution in [0.2, 0.25) is 0 Å². The molecule has 4 heteroatoms. The second kappa shape index (κ2) is 6.35. The smallest absolute Gasteiger partial charge is 0.162 e. The summed E-state index contributed by atoms with van der Waals surface area (Å²) in [6, 6.07) is 5.22. The van der Waals surface area contributed by atoms with Crippen LogP contribution in [0.1, 0.15) is 25.3 Å². The number of piperidine rings is 1. The largest absolute Gasteiger partial charge is 0.493 e. The molecule has 1 aliphatic heterocycles. The van der Waals surface area contributed by atoms with Crippen molar-refractivity contribution in [3.8, 4) is 11.5 Å². The van der Waals surface area contributed by atoms with Gasteiger partial charge in [0, 0.05) is 30.4 Å². The lowest BCUT2D eigenvalue weighted by molar-refractivity contribution is 0.190. The van der Waals surface area contributed by atoms with Crippen LogP contribution in [0.4, 0.5) is 5.69 Å². The Balaban J connectivity index is 2.13. The molecule has 2 rings (SSSR count). The average molecular weight is 278 g/mol. The van der Waals surface area contributed by atoms with Gasteiger partial charge in [0.15, 0.2) is 11.5 Å². The highest BCUT2D eigenvalue weighted by atomic mass is 16.5. The van der Waals surface area contributed by atoms with Crippen LogP contribution in [-0.4, -0.2) is 44.8 Å². The minimum Gasteiger partial charge on any atom is -0.493 e. The number of hydrogen-bond acceptors (Lipinski definition) is 4. The third-order valence-electron chi connectivity index (χ3n) is 4.30. The third kappa shape index (κ3) is 3.18. The van der Waals surface area contributed by atoms with E-state index in [4.69, 9.17) is 9.47 Å². The number of ether oxygens (including phenoxy) is 2. The molecule has 0 aromatic heterocycles. The molecule has 0 radical (unpaired) electrons. The Kier molecular flexibility index (Phi) is 4.76. The van der Waals surface area contributed by atoms with E-state index in [1.807, 2.05) is 12.1 Å². The van der Waals surface area contributed by atoms with E-state index < -0.39 is 0 Å². The number of nitrogens with one attached hydrogen (secondary N) is 1. The van der Waals surface area contributed by atoms with E-state index >= 15 is 0 Å². The van der Waals surface area contributed by atoms with Crippen molar-refractivity contribution in [3.63, 3.8) is 0 Å². The number of benzene rings is 1. The summed E-state index contributed by atoms with van der Waals surface area (Å²) in [5, 5.41) is 3.66. The summed E-state index contributed by atoms with van der Waals surface area (Å²) >= 11 is 0. The second-order valence-electron chi connectivity index (χ2n) is 5.72. The van der Waals surface area contributed by atoms with Crippen molar-refractivity contribution in [3.05, 3.63) is 17.7 Å². The van der Waals surface area contributed by atoms with Crippen LogP contribution in [-0.2, 0) is 0 Å².